The van der Waals surface area contributed by atoms with Gasteiger partial charge in [0.2, 0.25) is 5.91 Å². The minimum absolute atomic E-state index is 0.159. The number of hydrogen-bond acceptors (Lipinski definition) is 6. The summed E-state index contributed by atoms with van der Waals surface area (Å²) in [5.74, 6) is -0.508. The third-order valence-electron chi connectivity index (χ3n) is 5.86. The van der Waals surface area contributed by atoms with Crippen molar-refractivity contribution in [1.29, 1.82) is 0 Å². The number of ether oxygens (including phenoxy) is 1. The second-order valence-electron chi connectivity index (χ2n) is 8.31. The van der Waals surface area contributed by atoms with Gasteiger partial charge in [-0.2, -0.15) is 0 Å². The van der Waals surface area contributed by atoms with Gasteiger partial charge in [0.15, 0.2) is 0 Å². The summed E-state index contributed by atoms with van der Waals surface area (Å²) in [5, 5.41) is 3.24. The lowest BCUT2D eigenvalue weighted by atomic mass is 9.96. The zero-order valence-electron chi connectivity index (χ0n) is 19.3. The SMILES string of the molecule is CCOC(=O)c1c(NC(=O)C(Sc2ccc(N)cc2)c2ccccc2)sc2c1CCCCCC2. The fourth-order valence-corrected chi connectivity index (χ4v) is 6.49. The first-order chi connectivity index (χ1) is 16.6. The van der Waals surface area contributed by atoms with E-state index in [2.05, 4.69) is 5.32 Å². The van der Waals surface area contributed by atoms with E-state index in [4.69, 9.17) is 10.5 Å². The fraction of sp³-hybridized carbons (Fsp3) is 0.333. The highest BCUT2D eigenvalue weighted by Gasteiger charge is 2.29. The molecule has 0 aliphatic heterocycles. The molecule has 34 heavy (non-hydrogen) atoms. The van der Waals surface area contributed by atoms with Gasteiger partial charge in [-0.15, -0.1) is 23.1 Å². The second kappa shape index (κ2) is 11.6. The first-order valence-electron chi connectivity index (χ1n) is 11.8. The fourth-order valence-electron chi connectivity index (χ4n) is 4.19. The van der Waals surface area contributed by atoms with Crippen molar-refractivity contribution in [2.75, 3.05) is 17.7 Å². The molecular formula is C27H30N2O3S2. The van der Waals surface area contributed by atoms with Gasteiger partial charge in [0.05, 0.1) is 12.2 Å². The number of thiophene rings is 1. The van der Waals surface area contributed by atoms with Crippen LogP contribution in [-0.4, -0.2) is 18.5 Å². The number of aryl methyl sites for hydroxylation is 1. The van der Waals surface area contributed by atoms with E-state index in [1.165, 1.54) is 34.4 Å². The summed E-state index contributed by atoms with van der Waals surface area (Å²) in [4.78, 5) is 28.8. The molecule has 7 heteroatoms. The largest absolute Gasteiger partial charge is 0.462 e. The summed E-state index contributed by atoms with van der Waals surface area (Å²) in [6.07, 6.45) is 6.28. The summed E-state index contributed by atoms with van der Waals surface area (Å²) < 4.78 is 5.40. The van der Waals surface area contributed by atoms with Gasteiger partial charge in [0.25, 0.3) is 0 Å². The Labute approximate surface area is 209 Å². The number of nitrogen functional groups attached to an aromatic ring is 1. The third-order valence-corrected chi connectivity index (χ3v) is 8.34. The molecular weight excluding hydrogens is 464 g/mol. The molecule has 1 aliphatic carbocycles. The quantitative estimate of drug-likeness (QED) is 0.219. The highest BCUT2D eigenvalue weighted by atomic mass is 32.2. The average Bonchev–Trinajstić information content (AvgIpc) is 3.15. The van der Waals surface area contributed by atoms with Crippen molar-refractivity contribution >= 4 is 45.7 Å². The summed E-state index contributed by atoms with van der Waals surface area (Å²) >= 11 is 2.99. The molecule has 1 atom stereocenters. The molecule has 1 aliphatic rings. The number of benzene rings is 2. The maximum atomic E-state index is 13.7. The maximum Gasteiger partial charge on any atom is 0.341 e. The van der Waals surface area contributed by atoms with Gasteiger partial charge in [-0.1, -0.05) is 43.2 Å². The van der Waals surface area contributed by atoms with Gasteiger partial charge in [0.1, 0.15) is 10.3 Å². The van der Waals surface area contributed by atoms with Gasteiger partial charge < -0.3 is 15.8 Å². The standard InChI is InChI=1S/C27H30N2O3S2/c1-2-32-27(31)23-21-12-8-3-4-9-13-22(21)34-26(23)29-25(30)24(18-10-6-5-7-11-18)33-20-16-14-19(28)15-17-20/h5-7,10-11,14-17,24H,2-4,8-9,12-13,28H2,1H3,(H,29,30). The molecule has 3 aromatic rings. The predicted octanol–water partition coefficient (Wildman–Crippen LogP) is 6.64. The van der Waals surface area contributed by atoms with E-state index < -0.39 is 5.25 Å². The topological polar surface area (TPSA) is 81.4 Å². The van der Waals surface area contributed by atoms with Gasteiger partial charge in [-0.3, -0.25) is 4.79 Å². The number of rotatable bonds is 7. The number of thioether (sulfide) groups is 1. The highest BCUT2D eigenvalue weighted by Crippen LogP contribution is 2.41. The van der Waals surface area contributed by atoms with Crippen molar-refractivity contribution in [2.24, 2.45) is 0 Å². The maximum absolute atomic E-state index is 13.7. The highest BCUT2D eigenvalue weighted by molar-refractivity contribution is 8.00. The van der Waals surface area contributed by atoms with Gasteiger partial charge in [-0.25, -0.2) is 4.79 Å². The lowest BCUT2D eigenvalue weighted by molar-refractivity contribution is -0.115. The molecule has 1 aromatic heterocycles. The first-order valence-corrected chi connectivity index (χ1v) is 13.5. The molecule has 0 spiro atoms. The van der Waals surface area contributed by atoms with E-state index in [0.717, 1.165) is 48.1 Å². The predicted molar refractivity (Wildman–Crippen MR) is 141 cm³/mol. The molecule has 3 N–H and O–H groups in total. The zero-order valence-corrected chi connectivity index (χ0v) is 21.0. The monoisotopic (exact) mass is 494 g/mol. The number of nitrogens with two attached hydrogens (primary N) is 1. The van der Waals surface area contributed by atoms with Crippen molar-refractivity contribution in [1.82, 2.24) is 0 Å². The Kier molecular flexibility index (Phi) is 8.29. The van der Waals surface area contributed by atoms with E-state index in [1.807, 2.05) is 54.6 Å². The van der Waals surface area contributed by atoms with Crippen LogP contribution in [0.1, 0.15) is 64.2 Å². The van der Waals surface area contributed by atoms with Gasteiger partial charge >= 0.3 is 5.97 Å². The number of anilines is 2. The Hall–Kier alpha value is -2.77. The van der Waals surface area contributed by atoms with Crippen LogP contribution in [0.2, 0.25) is 0 Å². The van der Waals surface area contributed by atoms with Gasteiger partial charge in [-0.05, 0) is 68.0 Å². The number of amides is 1. The number of carbonyl (C=O) groups is 2. The Morgan fingerprint density at radius 2 is 1.74 bits per heavy atom. The lowest BCUT2D eigenvalue weighted by Crippen LogP contribution is -2.20. The first kappa shape index (κ1) is 24.4. The van der Waals surface area contributed by atoms with Crippen molar-refractivity contribution in [2.45, 2.75) is 55.6 Å². The summed E-state index contributed by atoms with van der Waals surface area (Å²) in [6, 6.07) is 17.2. The average molecular weight is 495 g/mol. The zero-order chi connectivity index (χ0) is 23.9. The number of fused-ring (bicyclic) bond motifs is 1. The Morgan fingerprint density at radius 3 is 2.44 bits per heavy atom. The Bertz CT molecular complexity index is 1130. The van der Waals surface area contributed by atoms with E-state index in [9.17, 15) is 9.59 Å². The minimum Gasteiger partial charge on any atom is -0.462 e. The normalized spacial score (nSPS) is 14.4. The molecule has 0 saturated carbocycles. The Morgan fingerprint density at radius 1 is 1.03 bits per heavy atom. The van der Waals surface area contributed by atoms with Crippen LogP contribution in [0.25, 0.3) is 0 Å². The van der Waals surface area contributed by atoms with Crippen LogP contribution in [0.4, 0.5) is 10.7 Å². The second-order valence-corrected chi connectivity index (χ2v) is 10.6. The lowest BCUT2D eigenvalue weighted by Gasteiger charge is -2.17. The van der Waals surface area contributed by atoms with E-state index in [0.29, 0.717) is 22.9 Å². The molecule has 5 nitrogen and oxygen atoms in total. The van der Waals surface area contributed by atoms with Crippen LogP contribution in [0.5, 0.6) is 0 Å². The van der Waals surface area contributed by atoms with Crippen molar-refractivity contribution in [3.8, 4) is 0 Å². The van der Waals surface area contributed by atoms with E-state index in [1.54, 1.807) is 6.92 Å². The Balaban J connectivity index is 1.67. The number of carbonyl (C=O) groups excluding carboxylic acids is 2. The molecule has 0 saturated heterocycles. The molecule has 1 unspecified atom stereocenters. The molecule has 0 fully saturated rings. The molecule has 1 heterocycles. The number of esters is 1. The molecule has 0 radical (unpaired) electrons. The van der Waals surface area contributed by atoms with Crippen LogP contribution in [0.15, 0.2) is 59.5 Å². The molecule has 0 bridgehead atoms. The molecule has 1 amide bonds. The number of nitrogens with one attached hydrogen (secondary N) is 1. The van der Waals surface area contributed by atoms with Crippen molar-refractivity contribution < 1.29 is 14.3 Å². The van der Waals surface area contributed by atoms with Crippen LogP contribution >= 0.6 is 23.1 Å². The van der Waals surface area contributed by atoms with Crippen molar-refractivity contribution in [3.63, 3.8) is 0 Å². The van der Waals surface area contributed by atoms with E-state index >= 15 is 0 Å². The van der Waals surface area contributed by atoms with Gasteiger partial charge in [0, 0.05) is 15.5 Å². The van der Waals surface area contributed by atoms with Crippen molar-refractivity contribution in [3.05, 3.63) is 76.2 Å². The smallest absolute Gasteiger partial charge is 0.341 e. The van der Waals surface area contributed by atoms with Crippen LogP contribution < -0.4 is 11.1 Å². The van der Waals surface area contributed by atoms with Crippen LogP contribution in [0, 0.1) is 0 Å². The van der Waals surface area contributed by atoms with Crippen LogP contribution in [0.3, 0.4) is 0 Å². The van der Waals surface area contributed by atoms with Crippen LogP contribution in [-0.2, 0) is 22.4 Å². The third kappa shape index (κ3) is 5.83. The molecule has 4 rings (SSSR count). The summed E-state index contributed by atoms with van der Waals surface area (Å²) in [6.45, 7) is 2.11. The number of hydrogen-bond donors (Lipinski definition) is 2. The summed E-state index contributed by atoms with van der Waals surface area (Å²) in [7, 11) is 0. The molecule has 178 valence electrons. The molecule has 2 aromatic carbocycles. The minimum atomic E-state index is -0.482. The summed E-state index contributed by atoms with van der Waals surface area (Å²) in [5.41, 5.74) is 9.02. The van der Waals surface area contributed by atoms with E-state index in [-0.39, 0.29) is 11.9 Å².